The van der Waals surface area contributed by atoms with E-state index >= 15 is 0 Å². The van der Waals surface area contributed by atoms with Crippen LogP contribution in [0.2, 0.25) is 0 Å². The van der Waals surface area contributed by atoms with Gasteiger partial charge in [-0.1, -0.05) is 30.3 Å². The summed E-state index contributed by atoms with van der Waals surface area (Å²) in [5.74, 6) is 1.60. The lowest BCUT2D eigenvalue weighted by Crippen LogP contribution is -2.23. The van der Waals surface area contributed by atoms with Crippen LogP contribution in [-0.2, 0) is 12.1 Å². The minimum absolute atomic E-state index is 0.523. The lowest BCUT2D eigenvalue weighted by molar-refractivity contribution is 0.0644. The van der Waals surface area contributed by atoms with Crippen LogP contribution in [-0.4, -0.2) is 21.3 Å². The van der Waals surface area contributed by atoms with Crippen LogP contribution in [0.5, 0.6) is 5.75 Å². The van der Waals surface area contributed by atoms with Crippen LogP contribution in [0.4, 0.5) is 0 Å². The third kappa shape index (κ3) is 3.15. The van der Waals surface area contributed by atoms with Gasteiger partial charge < -0.3 is 14.4 Å². The number of aliphatic hydroxyl groups is 1. The third-order valence-electron chi connectivity index (χ3n) is 4.17. The molecule has 0 saturated carbocycles. The molecule has 0 fully saturated rings. The van der Waals surface area contributed by atoms with E-state index in [2.05, 4.69) is 31.0 Å². The maximum Gasteiger partial charge on any atom is 0.141 e. The lowest BCUT2D eigenvalue weighted by atomic mass is 10.1. The Kier molecular flexibility index (Phi) is 4.33. The monoisotopic (exact) mass is 324 g/mol. The molecule has 2 aromatic carbocycles. The van der Waals surface area contributed by atoms with Gasteiger partial charge in [0.25, 0.3) is 0 Å². The van der Waals surface area contributed by atoms with Crippen LogP contribution in [0.25, 0.3) is 11.0 Å². The quantitative estimate of drug-likeness (QED) is 0.773. The van der Waals surface area contributed by atoms with Gasteiger partial charge in [-0.15, -0.1) is 0 Å². The molecule has 0 unspecified atom stereocenters. The van der Waals surface area contributed by atoms with Gasteiger partial charge in [0, 0.05) is 0 Å². The smallest absolute Gasteiger partial charge is 0.141 e. The zero-order chi connectivity index (χ0) is 17.3. The summed E-state index contributed by atoms with van der Waals surface area (Å²) in [4.78, 5) is 4.60. The van der Waals surface area contributed by atoms with Gasteiger partial charge in [-0.3, -0.25) is 0 Å². The molecule has 3 aromatic rings. The zero-order valence-electron chi connectivity index (χ0n) is 14.7. The normalized spacial score (nSPS) is 11.9. The number of hydrogen-bond donors (Lipinski definition) is 1. The summed E-state index contributed by atoms with van der Waals surface area (Å²) in [5, 5.41) is 10.5. The van der Waals surface area contributed by atoms with Gasteiger partial charge >= 0.3 is 0 Å². The number of fused-ring (bicyclic) bond motifs is 1. The van der Waals surface area contributed by atoms with Crippen LogP contribution in [0.15, 0.2) is 42.5 Å². The van der Waals surface area contributed by atoms with Crippen molar-refractivity contribution in [3.05, 3.63) is 59.4 Å². The van der Waals surface area contributed by atoms with Crippen molar-refractivity contribution >= 4 is 11.0 Å². The minimum atomic E-state index is -1.00. The molecule has 4 heteroatoms. The summed E-state index contributed by atoms with van der Waals surface area (Å²) in [5.41, 5.74) is 3.17. The highest BCUT2D eigenvalue weighted by Gasteiger charge is 2.24. The predicted molar refractivity (Wildman–Crippen MR) is 96.4 cm³/mol. The average Bonchev–Trinajstić information content (AvgIpc) is 2.89. The largest absolute Gasteiger partial charge is 0.491 e. The molecule has 1 N–H and O–H groups in total. The van der Waals surface area contributed by atoms with Crippen molar-refractivity contribution < 1.29 is 9.84 Å². The van der Waals surface area contributed by atoms with Gasteiger partial charge in [0.15, 0.2) is 0 Å². The van der Waals surface area contributed by atoms with Crippen molar-refractivity contribution in [1.29, 1.82) is 0 Å². The van der Waals surface area contributed by atoms with Crippen molar-refractivity contribution in [2.45, 2.75) is 39.8 Å². The second-order valence-electron chi connectivity index (χ2n) is 6.70. The Bertz CT molecular complexity index is 839. The molecule has 0 aliphatic rings. The highest BCUT2D eigenvalue weighted by molar-refractivity contribution is 5.76. The summed E-state index contributed by atoms with van der Waals surface area (Å²) in [6.07, 6.45) is 0. The van der Waals surface area contributed by atoms with E-state index in [0.29, 0.717) is 19.0 Å². The summed E-state index contributed by atoms with van der Waals surface area (Å²) < 4.78 is 8.07. The maximum absolute atomic E-state index is 10.5. The Morgan fingerprint density at radius 1 is 1.04 bits per heavy atom. The summed E-state index contributed by atoms with van der Waals surface area (Å²) >= 11 is 0. The number of hydrogen-bond acceptors (Lipinski definition) is 3. The topological polar surface area (TPSA) is 47.3 Å². The molecule has 0 spiro atoms. The highest BCUT2D eigenvalue weighted by Crippen LogP contribution is 2.26. The Morgan fingerprint density at radius 2 is 1.71 bits per heavy atom. The van der Waals surface area contributed by atoms with Crippen LogP contribution in [0.3, 0.4) is 0 Å². The van der Waals surface area contributed by atoms with E-state index in [-0.39, 0.29) is 0 Å². The van der Waals surface area contributed by atoms with Gasteiger partial charge in [-0.25, -0.2) is 4.98 Å². The fourth-order valence-corrected chi connectivity index (χ4v) is 3.03. The van der Waals surface area contributed by atoms with E-state index in [1.807, 2.05) is 34.9 Å². The average molecular weight is 324 g/mol. The van der Waals surface area contributed by atoms with Crippen molar-refractivity contribution in [2.75, 3.05) is 6.61 Å². The molecule has 3 rings (SSSR count). The molecule has 0 atom stereocenters. The first-order valence-corrected chi connectivity index (χ1v) is 8.25. The molecular weight excluding hydrogens is 300 g/mol. The van der Waals surface area contributed by atoms with E-state index in [4.69, 9.17) is 4.74 Å². The molecule has 0 aliphatic carbocycles. The zero-order valence-corrected chi connectivity index (χ0v) is 14.7. The molecule has 126 valence electrons. The number of ether oxygens (including phenoxy) is 1. The fraction of sp³-hybridized carbons (Fsp3) is 0.350. The molecule has 0 radical (unpaired) electrons. The highest BCUT2D eigenvalue weighted by atomic mass is 16.5. The first-order valence-electron chi connectivity index (χ1n) is 8.25. The second kappa shape index (κ2) is 6.29. The first kappa shape index (κ1) is 16.5. The molecule has 0 aliphatic heterocycles. The number of nitrogens with zero attached hydrogens (tertiary/aromatic N) is 2. The van der Waals surface area contributed by atoms with Gasteiger partial charge in [0.2, 0.25) is 0 Å². The van der Waals surface area contributed by atoms with E-state index in [9.17, 15) is 5.11 Å². The molecule has 0 amide bonds. The maximum atomic E-state index is 10.5. The van der Waals surface area contributed by atoms with Gasteiger partial charge in [-0.05, 0) is 51.0 Å². The summed E-state index contributed by atoms with van der Waals surface area (Å²) in [6, 6.07) is 14.1. The summed E-state index contributed by atoms with van der Waals surface area (Å²) in [6.45, 7) is 8.78. The van der Waals surface area contributed by atoms with E-state index < -0.39 is 5.60 Å². The Morgan fingerprint density at radius 3 is 2.38 bits per heavy atom. The van der Waals surface area contributed by atoms with Crippen LogP contribution in [0, 0.1) is 13.8 Å². The number of para-hydroxylation sites is 3. The Hall–Kier alpha value is -2.33. The molecule has 1 heterocycles. The Labute approximate surface area is 142 Å². The van der Waals surface area contributed by atoms with E-state index in [1.54, 1.807) is 13.8 Å². The van der Waals surface area contributed by atoms with Crippen molar-refractivity contribution in [1.82, 2.24) is 9.55 Å². The van der Waals surface area contributed by atoms with Gasteiger partial charge in [0.1, 0.15) is 23.8 Å². The van der Waals surface area contributed by atoms with Gasteiger partial charge in [0.05, 0.1) is 17.6 Å². The SMILES string of the molecule is Cc1cccc(C)c1OCCn1c(C(C)(C)O)nc2ccccc21. The molecule has 0 saturated heterocycles. The molecule has 4 nitrogen and oxygen atoms in total. The minimum Gasteiger partial charge on any atom is -0.491 e. The van der Waals surface area contributed by atoms with Crippen LogP contribution in [0.1, 0.15) is 30.8 Å². The van der Waals surface area contributed by atoms with Gasteiger partial charge in [-0.2, -0.15) is 0 Å². The molecule has 1 aromatic heterocycles. The van der Waals surface area contributed by atoms with Crippen molar-refractivity contribution in [2.24, 2.45) is 0 Å². The Balaban J connectivity index is 1.87. The molecule has 24 heavy (non-hydrogen) atoms. The van der Waals surface area contributed by atoms with Crippen molar-refractivity contribution in [3.8, 4) is 5.75 Å². The number of aromatic nitrogens is 2. The van der Waals surface area contributed by atoms with E-state index in [0.717, 1.165) is 27.9 Å². The van der Waals surface area contributed by atoms with Crippen LogP contribution >= 0.6 is 0 Å². The standard InChI is InChI=1S/C20H24N2O2/c1-14-8-7-9-15(2)18(14)24-13-12-22-17-11-6-5-10-16(17)21-19(22)20(3,4)23/h5-11,23H,12-13H2,1-4H3. The first-order chi connectivity index (χ1) is 11.4. The number of aryl methyl sites for hydroxylation is 2. The molecule has 0 bridgehead atoms. The third-order valence-corrected chi connectivity index (χ3v) is 4.17. The predicted octanol–water partition coefficient (Wildman–Crippen LogP) is 3.96. The number of benzene rings is 2. The number of rotatable bonds is 5. The van der Waals surface area contributed by atoms with Crippen LogP contribution < -0.4 is 4.74 Å². The number of imidazole rings is 1. The van der Waals surface area contributed by atoms with E-state index in [1.165, 1.54) is 0 Å². The molecular formula is C20H24N2O2. The fourth-order valence-electron chi connectivity index (χ4n) is 3.03. The second-order valence-corrected chi connectivity index (χ2v) is 6.70. The van der Waals surface area contributed by atoms with Crippen molar-refractivity contribution in [3.63, 3.8) is 0 Å². The summed E-state index contributed by atoms with van der Waals surface area (Å²) in [7, 11) is 0. The lowest BCUT2D eigenvalue weighted by Gasteiger charge is -2.20.